The van der Waals surface area contributed by atoms with Crippen LogP contribution >= 0.6 is 11.6 Å². The maximum absolute atomic E-state index is 15.7. The number of imidazole rings is 1. The number of benzene rings is 1. The molecule has 4 aromatic heterocycles. The fourth-order valence-electron chi connectivity index (χ4n) is 5.80. The Bertz CT molecular complexity index is 1900. The summed E-state index contributed by atoms with van der Waals surface area (Å²) in [5.74, 6) is -1.38. The van der Waals surface area contributed by atoms with Crippen LogP contribution in [0.1, 0.15) is 41.7 Å². The van der Waals surface area contributed by atoms with E-state index in [1.54, 1.807) is 36.4 Å². The molecule has 3 atom stereocenters. The van der Waals surface area contributed by atoms with E-state index in [0.717, 1.165) is 6.42 Å². The van der Waals surface area contributed by atoms with Crippen LogP contribution in [0.5, 0.6) is 5.88 Å². The first-order chi connectivity index (χ1) is 22.6. The smallest absolute Gasteiger partial charge is 0.451 e. The van der Waals surface area contributed by atoms with Crippen molar-refractivity contribution in [3.8, 4) is 17.3 Å². The molecule has 2 saturated heterocycles. The average molecular weight is 675 g/mol. The molecule has 246 valence electrons. The number of ether oxygens (including phenoxy) is 2. The summed E-state index contributed by atoms with van der Waals surface area (Å²) in [4.78, 5) is 19.3. The SMILES string of the molecule is Fc1cc(Cl)ccc1COc1cccc(C2CCN(Cc3nc4cc(-c5n[nH]c(C(F)(F)F)n5)cnc4n3CC3CCO3)CC2F)n1. The van der Waals surface area contributed by atoms with Crippen molar-refractivity contribution in [1.29, 1.82) is 0 Å². The van der Waals surface area contributed by atoms with Crippen LogP contribution in [0.2, 0.25) is 5.02 Å². The summed E-state index contributed by atoms with van der Waals surface area (Å²) in [5.41, 5.74) is 2.16. The standard InChI is InChI=1S/C31H28ClF5N8O2/c32-19-5-4-17(22(33)11-19)16-47-27-3-1-2-24(40-27)21-6-8-44(14-23(21)34)15-26-39-25-10-18(28-41-30(43-42-28)31(35,36)37)12-38-29(25)45(26)13-20-7-9-46-20/h1-5,10-12,20-21,23H,6-9,13-16H2,(H,41,42,43). The van der Waals surface area contributed by atoms with E-state index in [4.69, 9.17) is 26.1 Å². The molecule has 10 nitrogen and oxygen atoms in total. The van der Waals surface area contributed by atoms with Crippen molar-refractivity contribution in [2.45, 2.75) is 56.9 Å². The molecule has 2 aliphatic rings. The molecule has 47 heavy (non-hydrogen) atoms. The van der Waals surface area contributed by atoms with Crippen molar-refractivity contribution in [3.63, 3.8) is 0 Å². The van der Waals surface area contributed by atoms with Gasteiger partial charge in [0.05, 0.1) is 24.9 Å². The number of aromatic amines is 1. The number of halogens is 6. The second-order valence-corrected chi connectivity index (χ2v) is 12.0. The third kappa shape index (κ3) is 6.78. The van der Waals surface area contributed by atoms with Crippen LogP contribution in [-0.4, -0.2) is 71.6 Å². The van der Waals surface area contributed by atoms with Crippen molar-refractivity contribution in [2.75, 3.05) is 19.7 Å². The van der Waals surface area contributed by atoms with Crippen molar-refractivity contribution in [1.82, 2.24) is 39.6 Å². The number of hydrogen-bond donors (Lipinski definition) is 1. The molecule has 0 aliphatic carbocycles. The van der Waals surface area contributed by atoms with Gasteiger partial charge < -0.3 is 14.0 Å². The van der Waals surface area contributed by atoms with E-state index in [0.29, 0.717) is 60.9 Å². The van der Waals surface area contributed by atoms with Crippen molar-refractivity contribution >= 4 is 22.8 Å². The second kappa shape index (κ2) is 12.8. The van der Waals surface area contributed by atoms with E-state index in [2.05, 4.69) is 20.1 Å². The van der Waals surface area contributed by atoms with Crippen LogP contribution in [0.3, 0.4) is 0 Å². The number of aromatic nitrogens is 7. The topological polar surface area (TPSA) is 107 Å². The Balaban J connectivity index is 1.05. The number of alkyl halides is 4. The monoisotopic (exact) mass is 674 g/mol. The van der Waals surface area contributed by atoms with Gasteiger partial charge in [-0.1, -0.05) is 23.7 Å². The summed E-state index contributed by atoms with van der Waals surface area (Å²) in [6, 6.07) is 11.1. The summed E-state index contributed by atoms with van der Waals surface area (Å²) in [6.45, 7) is 2.12. The van der Waals surface area contributed by atoms with Gasteiger partial charge in [0.1, 0.15) is 29.9 Å². The molecule has 0 bridgehead atoms. The van der Waals surface area contributed by atoms with Gasteiger partial charge in [0.15, 0.2) is 11.5 Å². The summed E-state index contributed by atoms with van der Waals surface area (Å²) < 4.78 is 82.3. The number of hydrogen-bond acceptors (Lipinski definition) is 8. The maximum Gasteiger partial charge on any atom is 0.451 e. The zero-order valence-electron chi connectivity index (χ0n) is 24.7. The molecule has 0 radical (unpaired) electrons. The minimum Gasteiger partial charge on any atom is -0.473 e. The number of rotatable bonds is 9. The number of fused-ring (bicyclic) bond motifs is 1. The molecule has 3 unspecified atom stereocenters. The van der Waals surface area contributed by atoms with E-state index in [1.165, 1.54) is 12.3 Å². The molecule has 5 aromatic rings. The minimum absolute atomic E-state index is 0.0219. The molecule has 0 amide bonds. The normalized spacial score (nSPS) is 20.4. The van der Waals surface area contributed by atoms with Gasteiger partial charge >= 0.3 is 6.18 Å². The van der Waals surface area contributed by atoms with Crippen LogP contribution in [0.15, 0.2) is 48.7 Å². The number of pyridine rings is 2. The fraction of sp³-hybridized carbons (Fsp3) is 0.387. The molecule has 2 aliphatic heterocycles. The highest BCUT2D eigenvalue weighted by Crippen LogP contribution is 2.33. The molecule has 16 heteroatoms. The van der Waals surface area contributed by atoms with Crippen LogP contribution in [0, 0.1) is 5.82 Å². The molecule has 7 rings (SSSR count). The zero-order valence-corrected chi connectivity index (χ0v) is 25.5. The zero-order chi connectivity index (χ0) is 32.7. The van der Waals surface area contributed by atoms with Crippen LogP contribution < -0.4 is 4.74 Å². The Morgan fingerprint density at radius 2 is 1.94 bits per heavy atom. The highest BCUT2D eigenvalue weighted by molar-refractivity contribution is 6.30. The molecule has 1 N–H and O–H groups in total. The van der Waals surface area contributed by atoms with Gasteiger partial charge in [-0.15, -0.1) is 0 Å². The lowest BCUT2D eigenvalue weighted by molar-refractivity contribution is -0.144. The van der Waals surface area contributed by atoms with E-state index in [9.17, 15) is 17.6 Å². The number of H-pyrrole nitrogens is 1. The van der Waals surface area contributed by atoms with Gasteiger partial charge in [-0.05, 0) is 43.7 Å². The van der Waals surface area contributed by atoms with Crippen LogP contribution in [0.4, 0.5) is 22.0 Å². The average Bonchev–Trinajstić information content (AvgIpc) is 3.64. The van der Waals surface area contributed by atoms with Crippen molar-refractivity contribution < 1.29 is 31.4 Å². The largest absolute Gasteiger partial charge is 0.473 e. The van der Waals surface area contributed by atoms with E-state index in [-0.39, 0.29) is 41.5 Å². The Kier molecular flexibility index (Phi) is 8.53. The predicted octanol–water partition coefficient (Wildman–Crippen LogP) is 6.12. The second-order valence-electron chi connectivity index (χ2n) is 11.6. The highest BCUT2D eigenvalue weighted by Gasteiger charge is 2.36. The molecule has 6 heterocycles. The highest BCUT2D eigenvalue weighted by atomic mass is 35.5. The Morgan fingerprint density at radius 1 is 1.09 bits per heavy atom. The third-order valence-corrected chi connectivity index (χ3v) is 8.60. The molecule has 0 saturated carbocycles. The minimum atomic E-state index is -4.66. The third-order valence-electron chi connectivity index (χ3n) is 8.36. The molecule has 1 aromatic carbocycles. The molecule has 0 spiro atoms. The van der Waals surface area contributed by atoms with Gasteiger partial charge in [-0.25, -0.2) is 28.7 Å². The summed E-state index contributed by atoms with van der Waals surface area (Å²) >= 11 is 5.82. The van der Waals surface area contributed by atoms with E-state index >= 15 is 4.39 Å². The predicted molar refractivity (Wildman–Crippen MR) is 160 cm³/mol. The van der Waals surface area contributed by atoms with Crippen LogP contribution in [-0.2, 0) is 30.6 Å². The van der Waals surface area contributed by atoms with Gasteiger partial charge in [-0.2, -0.15) is 18.3 Å². The van der Waals surface area contributed by atoms with Gasteiger partial charge in [-0.3, -0.25) is 10.00 Å². The Morgan fingerprint density at radius 3 is 2.66 bits per heavy atom. The Hall–Kier alpha value is -4.21. The van der Waals surface area contributed by atoms with Gasteiger partial charge in [0.25, 0.3) is 0 Å². The number of nitrogens with zero attached hydrogens (tertiary/aromatic N) is 7. The van der Waals surface area contributed by atoms with Crippen molar-refractivity contribution in [2.24, 2.45) is 0 Å². The van der Waals surface area contributed by atoms with E-state index in [1.807, 2.05) is 14.6 Å². The quantitative estimate of drug-likeness (QED) is 0.187. The fourth-order valence-corrected chi connectivity index (χ4v) is 5.95. The van der Waals surface area contributed by atoms with Crippen molar-refractivity contribution in [3.05, 3.63) is 82.4 Å². The lowest BCUT2D eigenvalue weighted by Crippen LogP contribution is -2.41. The summed E-state index contributed by atoms with van der Waals surface area (Å²) in [6.07, 6.45) is -3.14. The first-order valence-electron chi connectivity index (χ1n) is 15.0. The first kappa shape index (κ1) is 31.4. The molecular weight excluding hydrogens is 647 g/mol. The maximum atomic E-state index is 15.7. The van der Waals surface area contributed by atoms with Gasteiger partial charge in [0.2, 0.25) is 11.7 Å². The lowest BCUT2D eigenvalue weighted by atomic mass is 9.91. The van der Waals surface area contributed by atoms with Gasteiger partial charge in [0, 0.05) is 47.5 Å². The number of piperidine rings is 1. The molecule has 2 fully saturated rings. The lowest BCUT2D eigenvalue weighted by Gasteiger charge is -2.34. The van der Waals surface area contributed by atoms with E-state index < -0.39 is 29.9 Å². The number of nitrogens with one attached hydrogen (secondary N) is 1. The number of likely N-dealkylation sites (tertiary alicyclic amines) is 1. The first-order valence-corrected chi connectivity index (χ1v) is 15.4. The van der Waals surface area contributed by atoms with Crippen LogP contribution in [0.25, 0.3) is 22.6 Å². The Labute approximate surface area is 269 Å². The summed E-state index contributed by atoms with van der Waals surface area (Å²) in [7, 11) is 0. The molecular formula is C31H28ClF5N8O2. The summed E-state index contributed by atoms with van der Waals surface area (Å²) in [5, 5.41) is 5.90.